The van der Waals surface area contributed by atoms with Gasteiger partial charge in [0.05, 0.1) is 16.1 Å². The van der Waals surface area contributed by atoms with Crippen molar-refractivity contribution in [2.45, 2.75) is 12.2 Å². The fraction of sp³-hybridized carbons (Fsp3) is 0.188. The number of halogens is 6. The molecule has 2 aromatic carbocycles. The van der Waals surface area contributed by atoms with Gasteiger partial charge >= 0.3 is 6.18 Å². The van der Waals surface area contributed by atoms with Gasteiger partial charge in [-0.05, 0) is 42.0 Å². The Morgan fingerprint density at radius 3 is 2.20 bits per heavy atom. The van der Waals surface area contributed by atoms with Crippen LogP contribution in [0.2, 0.25) is 10.0 Å². The smallest absolute Gasteiger partial charge is 0.422 e. The van der Waals surface area contributed by atoms with Crippen molar-refractivity contribution in [3.05, 3.63) is 63.6 Å². The zero-order valence-corrected chi connectivity index (χ0v) is 14.8. The maximum absolute atomic E-state index is 12.3. The lowest BCUT2D eigenvalue weighted by Gasteiger charge is -2.13. The van der Waals surface area contributed by atoms with Gasteiger partial charge in [-0.3, -0.25) is 4.79 Å². The highest BCUT2D eigenvalue weighted by molar-refractivity contribution is 6.42. The monoisotopic (exact) mass is 413 g/mol. The summed E-state index contributed by atoms with van der Waals surface area (Å²) in [4.78, 5) is 12.3. The van der Waals surface area contributed by atoms with E-state index in [1.165, 1.54) is 36.4 Å². The van der Waals surface area contributed by atoms with E-state index in [-0.39, 0.29) is 28.7 Å². The lowest BCUT2D eigenvalue weighted by molar-refractivity contribution is -0.153. The highest BCUT2D eigenvalue weighted by atomic mass is 35.5. The van der Waals surface area contributed by atoms with E-state index < -0.39 is 24.6 Å². The van der Waals surface area contributed by atoms with E-state index in [0.717, 1.165) is 0 Å². The first-order valence-electron chi connectivity index (χ1n) is 6.72. The Labute approximate surface area is 158 Å². The number of rotatable bonds is 5. The van der Waals surface area contributed by atoms with Crippen LogP contribution in [-0.2, 0) is 0 Å². The van der Waals surface area contributed by atoms with Gasteiger partial charge in [0.25, 0.3) is 0 Å². The quantitative estimate of drug-likeness (QED) is 0.681. The zero-order valence-electron chi connectivity index (χ0n) is 12.5. The first kappa shape index (κ1) is 21.6. The molecule has 1 unspecified atom stereocenters. The molecule has 0 bridgehead atoms. The molecule has 25 heavy (non-hydrogen) atoms. The average molecular weight is 415 g/mol. The van der Waals surface area contributed by atoms with Crippen LogP contribution in [0, 0.1) is 0 Å². The molecular weight excluding hydrogens is 402 g/mol. The van der Waals surface area contributed by atoms with Crippen molar-refractivity contribution < 1.29 is 22.7 Å². The number of Topliss-reactive ketones (excluding diaryl/α,β-unsaturated/α-hetero) is 1. The largest absolute Gasteiger partial charge is 0.484 e. The van der Waals surface area contributed by atoms with Crippen LogP contribution < -0.4 is 10.5 Å². The number of nitrogens with two attached hydrogens (primary N) is 1. The molecule has 0 aromatic heterocycles. The number of hydrogen-bond acceptors (Lipinski definition) is 3. The molecule has 0 spiro atoms. The van der Waals surface area contributed by atoms with Crippen LogP contribution in [0.25, 0.3) is 0 Å². The number of carbonyl (C=O) groups is 1. The van der Waals surface area contributed by atoms with Crippen LogP contribution in [0.4, 0.5) is 13.2 Å². The minimum atomic E-state index is -4.43. The summed E-state index contributed by atoms with van der Waals surface area (Å²) in [5.41, 5.74) is 6.63. The molecule has 0 saturated heterocycles. The molecule has 0 radical (unpaired) electrons. The lowest BCUT2D eigenvalue weighted by atomic mass is 9.98. The van der Waals surface area contributed by atoms with Gasteiger partial charge in [-0.2, -0.15) is 13.2 Å². The van der Waals surface area contributed by atoms with Crippen LogP contribution in [-0.4, -0.2) is 18.6 Å². The summed E-state index contributed by atoms with van der Waals surface area (Å²) in [6.07, 6.45) is -4.43. The molecule has 2 aromatic rings. The summed E-state index contributed by atoms with van der Waals surface area (Å²) in [7, 11) is 0. The molecule has 0 aliphatic rings. The molecule has 0 amide bonds. The molecule has 0 saturated carbocycles. The van der Waals surface area contributed by atoms with Crippen LogP contribution in [0.3, 0.4) is 0 Å². The van der Waals surface area contributed by atoms with E-state index in [0.29, 0.717) is 10.6 Å². The predicted molar refractivity (Wildman–Crippen MR) is 93.0 cm³/mol. The molecule has 0 fully saturated rings. The highest BCUT2D eigenvalue weighted by Crippen LogP contribution is 2.27. The van der Waals surface area contributed by atoms with Crippen molar-refractivity contribution in [1.82, 2.24) is 0 Å². The Balaban J connectivity index is 0.00000312. The van der Waals surface area contributed by atoms with Gasteiger partial charge in [0.15, 0.2) is 12.4 Å². The fourth-order valence-electron chi connectivity index (χ4n) is 1.92. The number of alkyl halides is 3. The summed E-state index contributed by atoms with van der Waals surface area (Å²) < 4.78 is 40.8. The van der Waals surface area contributed by atoms with Gasteiger partial charge in [-0.1, -0.05) is 29.3 Å². The van der Waals surface area contributed by atoms with Crippen LogP contribution in [0.15, 0.2) is 42.5 Å². The van der Waals surface area contributed by atoms with E-state index in [1.807, 2.05) is 0 Å². The van der Waals surface area contributed by atoms with Gasteiger partial charge in [0.2, 0.25) is 0 Å². The van der Waals surface area contributed by atoms with E-state index in [4.69, 9.17) is 28.9 Å². The first-order chi connectivity index (χ1) is 11.2. The van der Waals surface area contributed by atoms with Gasteiger partial charge in [0, 0.05) is 5.56 Å². The number of hydrogen-bond donors (Lipinski definition) is 1. The Kier molecular flexibility index (Phi) is 7.56. The van der Waals surface area contributed by atoms with Gasteiger partial charge in [-0.15, -0.1) is 12.4 Å². The minimum absolute atomic E-state index is 0. The Morgan fingerprint density at radius 2 is 1.68 bits per heavy atom. The zero-order chi connectivity index (χ0) is 17.9. The standard InChI is InChI=1S/C16H12Cl2F3NO2.ClH/c17-12-6-3-10(7-13(12)18)14(22)15(23)9-1-4-11(5-2-9)24-8-16(19,20)21;/h1-7,14H,8,22H2;1H. The Bertz CT molecular complexity index is 736. The van der Waals surface area contributed by atoms with E-state index in [9.17, 15) is 18.0 Å². The maximum atomic E-state index is 12.3. The van der Waals surface area contributed by atoms with Crippen molar-refractivity contribution in [2.75, 3.05) is 6.61 Å². The van der Waals surface area contributed by atoms with Crippen molar-refractivity contribution >= 4 is 41.4 Å². The summed E-state index contributed by atoms with van der Waals surface area (Å²) in [6, 6.07) is 8.89. The molecule has 0 aliphatic heterocycles. The molecule has 0 aliphatic carbocycles. The predicted octanol–water partition coefficient (Wildman–Crippen LogP) is 5.24. The Hall–Kier alpha value is -1.47. The van der Waals surface area contributed by atoms with Crippen LogP contribution >= 0.6 is 35.6 Å². The summed E-state index contributed by atoms with van der Waals surface area (Å²) in [5, 5.41) is 0.611. The highest BCUT2D eigenvalue weighted by Gasteiger charge is 2.28. The van der Waals surface area contributed by atoms with E-state index >= 15 is 0 Å². The molecular formula is C16H13Cl3F3NO2. The molecule has 3 nitrogen and oxygen atoms in total. The lowest BCUT2D eigenvalue weighted by Crippen LogP contribution is -2.21. The third kappa shape index (κ3) is 6.08. The number of ether oxygens (including phenoxy) is 1. The molecule has 1 atom stereocenters. The van der Waals surface area contributed by atoms with Gasteiger partial charge in [-0.25, -0.2) is 0 Å². The molecule has 0 heterocycles. The number of benzene rings is 2. The summed E-state index contributed by atoms with van der Waals surface area (Å²) >= 11 is 11.7. The van der Waals surface area contributed by atoms with Crippen molar-refractivity contribution in [1.29, 1.82) is 0 Å². The molecule has 2 rings (SSSR count). The second kappa shape index (κ2) is 8.76. The molecule has 136 valence electrons. The van der Waals surface area contributed by atoms with Gasteiger partial charge in [0.1, 0.15) is 5.75 Å². The minimum Gasteiger partial charge on any atom is -0.484 e. The second-order valence-corrected chi connectivity index (χ2v) is 5.76. The van der Waals surface area contributed by atoms with Crippen LogP contribution in [0.5, 0.6) is 5.75 Å². The second-order valence-electron chi connectivity index (χ2n) is 4.94. The number of ketones is 1. The van der Waals surface area contributed by atoms with E-state index in [2.05, 4.69) is 4.74 Å². The van der Waals surface area contributed by atoms with Crippen molar-refractivity contribution in [3.8, 4) is 5.75 Å². The third-order valence-corrected chi connectivity index (χ3v) is 3.87. The normalized spacial score (nSPS) is 12.2. The topological polar surface area (TPSA) is 52.3 Å². The average Bonchev–Trinajstić information content (AvgIpc) is 2.54. The first-order valence-corrected chi connectivity index (χ1v) is 7.47. The fourth-order valence-corrected chi connectivity index (χ4v) is 2.22. The van der Waals surface area contributed by atoms with Gasteiger partial charge < -0.3 is 10.5 Å². The molecule has 2 N–H and O–H groups in total. The van der Waals surface area contributed by atoms with Crippen molar-refractivity contribution in [3.63, 3.8) is 0 Å². The number of carbonyl (C=O) groups excluding carboxylic acids is 1. The Morgan fingerprint density at radius 1 is 1.08 bits per heavy atom. The van der Waals surface area contributed by atoms with Crippen molar-refractivity contribution in [2.24, 2.45) is 5.73 Å². The summed E-state index contributed by atoms with van der Waals surface area (Å²) in [5.74, 6) is -0.400. The molecule has 9 heteroatoms. The van der Waals surface area contributed by atoms with E-state index in [1.54, 1.807) is 6.07 Å². The van der Waals surface area contributed by atoms with Crippen LogP contribution in [0.1, 0.15) is 22.0 Å². The maximum Gasteiger partial charge on any atom is 0.422 e. The SMILES string of the molecule is Cl.NC(C(=O)c1ccc(OCC(F)(F)F)cc1)c1ccc(Cl)c(Cl)c1. The third-order valence-electron chi connectivity index (χ3n) is 3.13. The summed E-state index contributed by atoms with van der Waals surface area (Å²) in [6.45, 7) is -1.40.